The lowest BCUT2D eigenvalue weighted by Crippen LogP contribution is -2.00. The number of benzene rings is 1. The van der Waals surface area contributed by atoms with Crippen LogP contribution in [-0.2, 0) is 16.1 Å². The van der Waals surface area contributed by atoms with E-state index in [4.69, 9.17) is 13.9 Å². The smallest absolute Gasteiger partial charge is 0.331 e. The Hall–Kier alpha value is -3.06. The van der Waals surface area contributed by atoms with Crippen molar-refractivity contribution in [2.75, 3.05) is 7.11 Å². The SMILES string of the molecule is COc1cc(/C=C/C(=O)OCc2coc(-c3cccs3)n2)ccc1O. The van der Waals surface area contributed by atoms with Gasteiger partial charge < -0.3 is 19.0 Å². The van der Waals surface area contributed by atoms with Crippen LogP contribution in [0.4, 0.5) is 0 Å². The molecule has 25 heavy (non-hydrogen) atoms. The predicted molar refractivity (Wildman–Crippen MR) is 93.3 cm³/mol. The van der Waals surface area contributed by atoms with E-state index in [0.717, 1.165) is 4.88 Å². The summed E-state index contributed by atoms with van der Waals surface area (Å²) in [6.07, 6.45) is 4.34. The number of rotatable bonds is 6. The number of methoxy groups -OCH3 is 1. The van der Waals surface area contributed by atoms with E-state index in [0.29, 0.717) is 22.9 Å². The van der Waals surface area contributed by atoms with Crippen LogP contribution in [0, 0.1) is 0 Å². The molecule has 0 saturated heterocycles. The molecule has 3 rings (SSSR count). The molecule has 128 valence electrons. The van der Waals surface area contributed by atoms with Crippen molar-refractivity contribution in [1.82, 2.24) is 4.98 Å². The van der Waals surface area contributed by atoms with Gasteiger partial charge in [-0.15, -0.1) is 11.3 Å². The molecule has 1 N–H and O–H groups in total. The van der Waals surface area contributed by atoms with Crippen molar-refractivity contribution in [2.24, 2.45) is 0 Å². The van der Waals surface area contributed by atoms with Gasteiger partial charge in [0.1, 0.15) is 18.6 Å². The van der Waals surface area contributed by atoms with Crippen LogP contribution >= 0.6 is 11.3 Å². The van der Waals surface area contributed by atoms with Gasteiger partial charge in [0.15, 0.2) is 11.5 Å². The number of hydrogen-bond acceptors (Lipinski definition) is 7. The van der Waals surface area contributed by atoms with Gasteiger partial charge in [0.2, 0.25) is 5.89 Å². The fourth-order valence-electron chi connectivity index (χ4n) is 2.04. The number of nitrogens with zero attached hydrogens (tertiary/aromatic N) is 1. The average molecular weight is 357 g/mol. The number of ether oxygens (including phenoxy) is 2. The highest BCUT2D eigenvalue weighted by Gasteiger charge is 2.09. The molecular weight excluding hydrogens is 342 g/mol. The molecule has 0 fully saturated rings. The largest absolute Gasteiger partial charge is 0.504 e. The fraction of sp³-hybridized carbons (Fsp3) is 0.111. The first-order valence-corrected chi connectivity index (χ1v) is 8.24. The monoisotopic (exact) mass is 357 g/mol. The predicted octanol–water partition coefficient (Wildman–Crippen LogP) is 3.87. The second-order valence-corrected chi connectivity index (χ2v) is 5.94. The molecule has 0 saturated carbocycles. The Labute approximate surface area is 148 Å². The number of oxazole rings is 1. The van der Waals surface area contributed by atoms with Crippen molar-refractivity contribution in [3.05, 3.63) is 59.3 Å². The van der Waals surface area contributed by atoms with Gasteiger partial charge in [0, 0.05) is 6.08 Å². The van der Waals surface area contributed by atoms with Crippen molar-refractivity contribution >= 4 is 23.4 Å². The first-order chi connectivity index (χ1) is 12.2. The molecule has 0 bridgehead atoms. The van der Waals surface area contributed by atoms with Crippen LogP contribution in [0.3, 0.4) is 0 Å². The minimum Gasteiger partial charge on any atom is -0.504 e. The van der Waals surface area contributed by atoms with Crippen LogP contribution in [0.1, 0.15) is 11.3 Å². The Kier molecular flexibility index (Phi) is 5.15. The van der Waals surface area contributed by atoms with Gasteiger partial charge in [-0.05, 0) is 35.2 Å². The van der Waals surface area contributed by atoms with Crippen molar-refractivity contribution in [3.63, 3.8) is 0 Å². The number of phenols is 1. The number of phenolic OH excluding ortho intramolecular Hbond substituents is 1. The summed E-state index contributed by atoms with van der Waals surface area (Å²) >= 11 is 1.52. The van der Waals surface area contributed by atoms with E-state index in [-0.39, 0.29) is 12.4 Å². The number of carbonyl (C=O) groups excluding carboxylic acids is 1. The maximum absolute atomic E-state index is 11.8. The fourth-order valence-corrected chi connectivity index (χ4v) is 2.70. The van der Waals surface area contributed by atoms with E-state index in [2.05, 4.69) is 4.98 Å². The molecule has 0 aliphatic carbocycles. The Balaban J connectivity index is 1.56. The zero-order valence-corrected chi connectivity index (χ0v) is 14.2. The van der Waals surface area contributed by atoms with E-state index in [1.54, 1.807) is 18.2 Å². The summed E-state index contributed by atoms with van der Waals surface area (Å²) in [5.74, 6) is 0.370. The third-order valence-electron chi connectivity index (χ3n) is 3.26. The minimum absolute atomic E-state index is 0.0247. The lowest BCUT2D eigenvalue weighted by molar-refractivity contribution is -0.139. The summed E-state index contributed by atoms with van der Waals surface area (Å²) in [6.45, 7) is 0.0247. The molecule has 2 heterocycles. The molecule has 7 heteroatoms. The number of aromatic nitrogens is 1. The Morgan fingerprint density at radius 1 is 1.40 bits per heavy atom. The first-order valence-electron chi connectivity index (χ1n) is 7.36. The molecule has 0 atom stereocenters. The van der Waals surface area contributed by atoms with E-state index in [9.17, 15) is 9.90 Å². The summed E-state index contributed by atoms with van der Waals surface area (Å²) in [5.41, 5.74) is 1.24. The van der Waals surface area contributed by atoms with Gasteiger partial charge in [-0.1, -0.05) is 12.1 Å². The van der Waals surface area contributed by atoms with Gasteiger partial charge >= 0.3 is 5.97 Å². The van der Waals surface area contributed by atoms with Gasteiger partial charge in [-0.25, -0.2) is 9.78 Å². The zero-order valence-electron chi connectivity index (χ0n) is 13.3. The summed E-state index contributed by atoms with van der Waals surface area (Å²) < 4.78 is 15.5. The van der Waals surface area contributed by atoms with Gasteiger partial charge in [-0.3, -0.25) is 0 Å². The van der Waals surface area contributed by atoms with E-state index in [1.807, 2.05) is 17.5 Å². The highest BCUT2D eigenvalue weighted by Crippen LogP contribution is 2.27. The summed E-state index contributed by atoms with van der Waals surface area (Å²) in [5, 5.41) is 11.5. The normalized spacial score (nSPS) is 10.9. The zero-order chi connectivity index (χ0) is 17.6. The van der Waals surface area contributed by atoms with Gasteiger partial charge in [0.05, 0.1) is 12.0 Å². The van der Waals surface area contributed by atoms with Crippen LogP contribution in [0.15, 0.2) is 52.5 Å². The topological polar surface area (TPSA) is 81.8 Å². The van der Waals surface area contributed by atoms with Crippen LogP contribution in [0.2, 0.25) is 0 Å². The quantitative estimate of drug-likeness (QED) is 0.533. The molecule has 0 spiro atoms. The molecule has 3 aromatic rings. The van der Waals surface area contributed by atoms with Gasteiger partial charge in [-0.2, -0.15) is 0 Å². The molecule has 0 amide bonds. The summed E-state index contributed by atoms with van der Waals surface area (Å²) in [7, 11) is 1.46. The molecule has 0 aliphatic rings. The highest BCUT2D eigenvalue weighted by atomic mass is 32.1. The van der Waals surface area contributed by atoms with Crippen molar-refractivity contribution in [2.45, 2.75) is 6.61 Å². The van der Waals surface area contributed by atoms with E-state index in [1.165, 1.54) is 36.9 Å². The maximum Gasteiger partial charge on any atom is 0.331 e. The molecule has 1 aromatic carbocycles. The lowest BCUT2D eigenvalue weighted by Gasteiger charge is -2.03. The Morgan fingerprint density at radius 2 is 2.28 bits per heavy atom. The Morgan fingerprint density at radius 3 is 3.04 bits per heavy atom. The number of esters is 1. The van der Waals surface area contributed by atoms with Crippen molar-refractivity contribution in [3.8, 4) is 22.3 Å². The number of carbonyl (C=O) groups is 1. The summed E-state index contributed by atoms with van der Waals surface area (Å²) in [4.78, 5) is 17.0. The minimum atomic E-state index is -0.507. The number of thiophene rings is 1. The summed E-state index contributed by atoms with van der Waals surface area (Å²) in [6, 6.07) is 8.58. The average Bonchev–Trinajstić information content (AvgIpc) is 3.30. The van der Waals surface area contributed by atoms with Gasteiger partial charge in [0.25, 0.3) is 0 Å². The molecule has 0 aliphatic heterocycles. The third kappa shape index (κ3) is 4.27. The number of aromatic hydroxyl groups is 1. The Bertz CT molecular complexity index is 883. The molecule has 2 aromatic heterocycles. The van der Waals surface area contributed by atoms with Crippen LogP contribution < -0.4 is 4.74 Å². The second-order valence-electron chi connectivity index (χ2n) is 4.99. The molecule has 0 unspecified atom stereocenters. The van der Waals surface area contributed by atoms with Crippen molar-refractivity contribution in [1.29, 1.82) is 0 Å². The van der Waals surface area contributed by atoms with Crippen LogP contribution in [0.25, 0.3) is 16.8 Å². The molecular formula is C18H15NO5S. The first kappa shape index (κ1) is 16.8. The second kappa shape index (κ2) is 7.67. The van der Waals surface area contributed by atoms with E-state index < -0.39 is 5.97 Å². The van der Waals surface area contributed by atoms with Crippen LogP contribution in [0.5, 0.6) is 11.5 Å². The molecule has 0 radical (unpaired) electrons. The highest BCUT2D eigenvalue weighted by molar-refractivity contribution is 7.13. The molecule has 6 nitrogen and oxygen atoms in total. The lowest BCUT2D eigenvalue weighted by atomic mass is 10.2. The third-order valence-corrected chi connectivity index (χ3v) is 4.12. The maximum atomic E-state index is 11.8. The van der Waals surface area contributed by atoms with Crippen LogP contribution in [-0.4, -0.2) is 23.2 Å². The number of hydrogen-bond donors (Lipinski definition) is 1. The van der Waals surface area contributed by atoms with E-state index >= 15 is 0 Å². The van der Waals surface area contributed by atoms with Crippen molar-refractivity contribution < 1.29 is 23.8 Å². The standard InChI is InChI=1S/C18H15NO5S/c1-22-15-9-12(4-6-14(15)20)5-7-17(21)23-10-13-11-24-18(19-13)16-3-2-8-25-16/h2-9,11,20H,10H2,1H3/b7-5+.